The molecule has 0 aliphatic rings. The Morgan fingerprint density at radius 1 is 0.488 bits per heavy atom. The van der Waals surface area contributed by atoms with Gasteiger partial charge in [-0.15, -0.1) is 0 Å². The van der Waals surface area contributed by atoms with Gasteiger partial charge in [0.05, 0.1) is 13.2 Å². The van der Waals surface area contributed by atoms with E-state index in [1.54, 1.807) is 7.11 Å². The van der Waals surface area contributed by atoms with E-state index in [1.165, 1.54) is 11.1 Å². The molecule has 0 fully saturated rings. The van der Waals surface area contributed by atoms with Gasteiger partial charge in [-0.1, -0.05) is 97.1 Å². The Kier molecular flexibility index (Phi) is 7.94. The predicted molar refractivity (Wildman–Crippen MR) is 168 cm³/mol. The molecule has 6 aromatic rings. The first-order valence-corrected chi connectivity index (χ1v) is 13.9. The average Bonchev–Trinajstić information content (AvgIpc) is 3.04. The van der Waals surface area contributed by atoms with Crippen LogP contribution < -0.4 is 9.47 Å². The van der Waals surface area contributed by atoms with Crippen molar-refractivity contribution < 1.29 is 19.3 Å². The summed E-state index contributed by atoms with van der Waals surface area (Å²) in [5, 5.41) is 13.9. The van der Waals surface area contributed by atoms with Gasteiger partial charge in [-0.3, -0.25) is 0 Å². The largest absolute Gasteiger partial charge is 0.491 e. The van der Waals surface area contributed by atoms with Crippen molar-refractivity contribution >= 4 is 21.5 Å². The number of aliphatic hydroxyl groups is 1. The zero-order valence-corrected chi connectivity index (χ0v) is 23.0. The van der Waals surface area contributed by atoms with Crippen molar-refractivity contribution in [1.29, 1.82) is 0 Å². The van der Waals surface area contributed by atoms with Gasteiger partial charge in [0, 0.05) is 18.2 Å². The van der Waals surface area contributed by atoms with E-state index in [2.05, 4.69) is 97.1 Å². The van der Waals surface area contributed by atoms with Crippen LogP contribution in [0, 0.1) is 0 Å². The summed E-state index contributed by atoms with van der Waals surface area (Å²) >= 11 is 0. The lowest BCUT2D eigenvalue weighted by atomic mass is 9.90. The standard InChI is InChI=1S/C37H32O4/c1-39-22-23-41-35-19-15-31-25-29(27-10-6-3-7-11-27)13-17-33(31)37(35)36-32-16-12-28(26-8-4-2-5-9-26)24-30(32)14-18-34(36)40-21-20-38/h2-19,24-25,38H,20-23H2,1H3. The molecular formula is C37H32O4. The monoisotopic (exact) mass is 540 g/mol. The Bertz CT molecular complexity index is 1780. The molecule has 0 saturated heterocycles. The molecule has 0 amide bonds. The fourth-order valence-electron chi connectivity index (χ4n) is 5.39. The highest BCUT2D eigenvalue weighted by atomic mass is 16.5. The van der Waals surface area contributed by atoms with Crippen molar-refractivity contribution in [3.8, 4) is 44.9 Å². The van der Waals surface area contributed by atoms with Crippen LogP contribution in [0.5, 0.6) is 11.5 Å². The lowest BCUT2D eigenvalue weighted by Crippen LogP contribution is -2.06. The van der Waals surface area contributed by atoms with Crippen LogP contribution >= 0.6 is 0 Å². The molecule has 0 radical (unpaired) electrons. The molecule has 6 aromatic carbocycles. The van der Waals surface area contributed by atoms with Crippen LogP contribution in [0.15, 0.2) is 121 Å². The molecule has 41 heavy (non-hydrogen) atoms. The third kappa shape index (κ3) is 5.53. The molecule has 0 aromatic heterocycles. The summed E-state index contributed by atoms with van der Waals surface area (Å²) in [6.07, 6.45) is 0. The molecule has 4 heteroatoms. The minimum atomic E-state index is -0.0718. The molecule has 0 aliphatic carbocycles. The summed E-state index contributed by atoms with van der Waals surface area (Å²) < 4.78 is 17.8. The molecule has 0 bridgehead atoms. The van der Waals surface area contributed by atoms with Gasteiger partial charge >= 0.3 is 0 Å². The Labute approximate surface area is 240 Å². The first-order valence-electron chi connectivity index (χ1n) is 13.9. The van der Waals surface area contributed by atoms with E-state index in [4.69, 9.17) is 14.2 Å². The molecule has 0 spiro atoms. The van der Waals surface area contributed by atoms with Crippen LogP contribution in [0.4, 0.5) is 0 Å². The van der Waals surface area contributed by atoms with E-state index < -0.39 is 0 Å². The summed E-state index contributed by atoms with van der Waals surface area (Å²) in [6, 6.07) is 42.1. The maximum Gasteiger partial charge on any atom is 0.128 e. The summed E-state index contributed by atoms with van der Waals surface area (Å²) in [5.41, 5.74) is 6.54. The van der Waals surface area contributed by atoms with E-state index in [0.29, 0.717) is 19.0 Å². The van der Waals surface area contributed by atoms with E-state index >= 15 is 0 Å². The zero-order chi connectivity index (χ0) is 28.0. The van der Waals surface area contributed by atoms with Crippen molar-refractivity contribution in [3.63, 3.8) is 0 Å². The minimum absolute atomic E-state index is 0.0718. The molecule has 204 valence electrons. The predicted octanol–water partition coefficient (Wildman–Crippen LogP) is 8.39. The van der Waals surface area contributed by atoms with E-state index in [0.717, 1.165) is 49.5 Å². The fourth-order valence-corrected chi connectivity index (χ4v) is 5.39. The lowest BCUT2D eigenvalue weighted by Gasteiger charge is -2.20. The second-order valence-corrected chi connectivity index (χ2v) is 9.89. The van der Waals surface area contributed by atoms with Gasteiger partial charge in [0.1, 0.15) is 24.7 Å². The molecule has 0 unspecified atom stereocenters. The van der Waals surface area contributed by atoms with E-state index in [9.17, 15) is 5.11 Å². The average molecular weight is 541 g/mol. The van der Waals surface area contributed by atoms with Crippen LogP contribution in [0.3, 0.4) is 0 Å². The van der Waals surface area contributed by atoms with Gasteiger partial charge in [0.25, 0.3) is 0 Å². The van der Waals surface area contributed by atoms with Gasteiger partial charge in [-0.25, -0.2) is 0 Å². The molecule has 1 N–H and O–H groups in total. The summed E-state index contributed by atoms with van der Waals surface area (Å²) in [5.74, 6) is 1.46. The Morgan fingerprint density at radius 2 is 0.976 bits per heavy atom. The molecule has 0 heterocycles. The highest BCUT2D eigenvalue weighted by molar-refractivity contribution is 6.11. The molecule has 0 atom stereocenters. The maximum atomic E-state index is 9.61. The van der Waals surface area contributed by atoms with Crippen LogP contribution in [-0.4, -0.2) is 38.6 Å². The second-order valence-electron chi connectivity index (χ2n) is 9.89. The van der Waals surface area contributed by atoms with Crippen molar-refractivity contribution in [3.05, 3.63) is 121 Å². The SMILES string of the molecule is COCCOc1ccc2cc(-c3ccccc3)ccc2c1-c1c(OCCO)ccc2cc(-c3ccccc3)ccc12. The first-order chi connectivity index (χ1) is 20.3. The zero-order valence-electron chi connectivity index (χ0n) is 23.0. The highest BCUT2D eigenvalue weighted by Crippen LogP contribution is 2.46. The van der Waals surface area contributed by atoms with Gasteiger partial charge in [-0.05, 0) is 68.1 Å². The summed E-state index contributed by atoms with van der Waals surface area (Å²) in [4.78, 5) is 0. The topological polar surface area (TPSA) is 47.9 Å². The van der Waals surface area contributed by atoms with Crippen LogP contribution in [0.2, 0.25) is 0 Å². The number of fused-ring (bicyclic) bond motifs is 2. The van der Waals surface area contributed by atoms with Gasteiger partial charge < -0.3 is 19.3 Å². The molecule has 0 saturated carbocycles. The van der Waals surface area contributed by atoms with E-state index in [-0.39, 0.29) is 13.2 Å². The quantitative estimate of drug-likeness (QED) is 0.177. The van der Waals surface area contributed by atoms with Crippen molar-refractivity contribution in [2.24, 2.45) is 0 Å². The molecule has 6 rings (SSSR count). The smallest absolute Gasteiger partial charge is 0.128 e. The fraction of sp³-hybridized carbons (Fsp3) is 0.135. The van der Waals surface area contributed by atoms with Crippen molar-refractivity contribution in [2.75, 3.05) is 33.5 Å². The molecule has 0 aliphatic heterocycles. The Morgan fingerprint density at radius 3 is 1.44 bits per heavy atom. The van der Waals surface area contributed by atoms with E-state index in [1.807, 2.05) is 24.3 Å². The Balaban J connectivity index is 1.59. The van der Waals surface area contributed by atoms with Crippen LogP contribution in [0.25, 0.3) is 54.9 Å². The molecule has 4 nitrogen and oxygen atoms in total. The maximum absolute atomic E-state index is 9.61. The summed E-state index contributed by atoms with van der Waals surface area (Å²) in [6.45, 7) is 1.03. The van der Waals surface area contributed by atoms with Crippen LogP contribution in [0.1, 0.15) is 0 Å². The third-order valence-corrected chi connectivity index (χ3v) is 7.32. The Hall–Kier alpha value is -4.64. The second kappa shape index (κ2) is 12.3. The number of methoxy groups -OCH3 is 1. The number of rotatable bonds is 10. The number of hydrogen-bond acceptors (Lipinski definition) is 4. The number of ether oxygens (including phenoxy) is 3. The number of aliphatic hydroxyl groups excluding tert-OH is 1. The minimum Gasteiger partial charge on any atom is -0.491 e. The normalized spacial score (nSPS) is 11.2. The van der Waals surface area contributed by atoms with Gasteiger partial charge in [0.2, 0.25) is 0 Å². The first kappa shape index (κ1) is 26.6. The van der Waals surface area contributed by atoms with Crippen molar-refractivity contribution in [2.45, 2.75) is 0 Å². The molecular weight excluding hydrogens is 508 g/mol. The van der Waals surface area contributed by atoms with Gasteiger partial charge in [-0.2, -0.15) is 0 Å². The third-order valence-electron chi connectivity index (χ3n) is 7.32. The lowest BCUT2D eigenvalue weighted by molar-refractivity contribution is 0.146. The highest BCUT2D eigenvalue weighted by Gasteiger charge is 2.20. The van der Waals surface area contributed by atoms with Crippen molar-refractivity contribution in [1.82, 2.24) is 0 Å². The van der Waals surface area contributed by atoms with Gasteiger partial charge in [0.15, 0.2) is 0 Å². The number of hydrogen-bond donors (Lipinski definition) is 1. The van der Waals surface area contributed by atoms with Crippen LogP contribution in [-0.2, 0) is 4.74 Å². The summed E-state index contributed by atoms with van der Waals surface area (Å²) in [7, 11) is 1.67. The number of benzene rings is 6.